The van der Waals surface area contributed by atoms with Crippen molar-refractivity contribution >= 4 is 112 Å². The van der Waals surface area contributed by atoms with Gasteiger partial charge in [-0.2, -0.15) is 0 Å². The van der Waals surface area contributed by atoms with Gasteiger partial charge in [0.15, 0.2) is 5.96 Å². The smallest absolute Gasteiger partial charge is 0.326 e. The van der Waals surface area contributed by atoms with Crippen LogP contribution >= 0.6 is 0 Å². The van der Waals surface area contributed by atoms with Crippen molar-refractivity contribution in [1.29, 1.82) is 5.41 Å². The van der Waals surface area contributed by atoms with Crippen LogP contribution in [0.25, 0.3) is 0 Å². The predicted molar refractivity (Wildman–Crippen MR) is 441 cm³/mol. The number of amides is 17. The van der Waals surface area contributed by atoms with Gasteiger partial charge in [0.2, 0.25) is 100 Å². The third kappa shape index (κ3) is 38.0. The minimum Gasteiger partial charge on any atom is -0.508 e. The molecule has 0 radical (unpaired) electrons. The zero-order chi connectivity index (χ0) is 91.5. The second-order valence-corrected chi connectivity index (χ2v) is 30.4. The van der Waals surface area contributed by atoms with Gasteiger partial charge < -0.3 is 135 Å². The normalized spacial score (nSPS) is 15.8. The van der Waals surface area contributed by atoms with Crippen molar-refractivity contribution < 1.29 is 102 Å². The molecule has 0 bridgehead atoms. The molecule has 1 fully saturated rings. The Morgan fingerprint density at radius 3 is 1.44 bits per heavy atom. The van der Waals surface area contributed by atoms with Crippen LogP contribution in [0, 0.1) is 17.2 Å². The van der Waals surface area contributed by atoms with E-state index >= 15 is 0 Å². The number of nitrogens with two attached hydrogens (primary N) is 7. The molecule has 1 aliphatic rings. The Morgan fingerprint density at radius 1 is 0.484 bits per heavy atom. The number of primary amides is 3. The van der Waals surface area contributed by atoms with Crippen LogP contribution in [-0.2, 0) is 99.1 Å². The number of aromatic hydroxyl groups is 1. The summed E-state index contributed by atoms with van der Waals surface area (Å²) in [7, 11) is 0. The first kappa shape index (κ1) is 104. The number of carboxylic acid groups (broad SMARTS) is 1. The lowest BCUT2D eigenvalue weighted by Gasteiger charge is -2.30. The SMILES string of the molecule is CC[C@H](C)[C@H](NC(=O)[C@H](CCC(N)=O)NC(=O)[C@H](CCCCN)NC(=O)[C@H](C)N)C(=O)N[C@@H](CCC(N)=O)C(=O)N[C@@H](CO)C(=O)N[C@@H](CCCNC(=N)N)C(=O)N1CCC[C@H]1C(=O)NCC(=O)N[C@@H](CC(N)=O)C(=O)N[C@@H](C)C(=O)N[C@@H](CC(C)C)C(=O)N[C@@H](Cc1ccc(O)cc1)C(=O)N[C@@H](Cc1ccccc1)C(=O)N[C@@H](CCCCN)C(=O)O. The highest BCUT2D eigenvalue weighted by Crippen LogP contribution is 2.22. The number of unbranched alkanes of at least 4 members (excludes halogenated alkanes) is 2. The molecule has 0 aliphatic carbocycles. The van der Waals surface area contributed by atoms with Gasteiger partial charge in [0.1, 0.15) is 84.3 Å². The monoisotopic (exact) mass is 1720 g/mol. The average Bonchev–Trinajstić information content (AvgIpc) is 1.58. The lowest BCUT2D eigenvalue weighted by Crippen LogP contribution is -2.61. The molecule has 17 amide bonds. The highest BCUT2D eigenvalue weighted by molar-refractivity contribution is 6.01. The second-order valence-electron chi connectivity index (χ2n) is 30.4. The zero-order valence-corrected chi connectivity index (χ0v) is 69.8. The highest BCUT2D eigenvalue weighted by Gasteiger charge is 2.41. The number of aliphatic carboxylic acids is 1. The summed E-state index contributed by atoms with van der Waals surface area (Å²) in [6.07, 6.45) is -1.22. The molecule has 1 aliphatic heterocycles. The van der Waals surface area contributed by atoms with Gasteiger partial charge in [-0.3, -0.25) is 86.9 Å². The number of aliphatic hydroxyl groups is 1. The van der Waals surface area contributed by atoms with E-state index in [2.05, 4.69) is 74.4 Å². The number of phenolic OH excluding ortho intramolecular Hbond substituents is 1. The molecule has 15 atom stereocenters. The first-order chi connectivity index (χ1) is 57.6. The van der Waals surface area contributed by atoms with E-state index in [0.29, 0.717) is 36.8 Å². The number of benzene rings is 2. The molecule has 122 heavy (non-hydrogen) atoms. The first-order valence-corrected chi connectivity index (χ1v) is 40.6. The molecule has 0 saturated carbocycles. The fourth-order valence-corrected chi connectivity index (χ4v) is 12.7. The van der Waals surface area contributed by atoms with E-state index in [0.717, 1.165) is 4.90 Å². The van der Waals surface area contributed by atoms with Gasteiger partial charge in [-0.25, -0.2) is 4.79 Å². The lowest BCUT2D eigenvalue weighted by atomic mass is 9.96. The molecule has 0 aromatic heterocycles. The summed E-state index contributed by atoms with van der Waals surface area (Å²) in [4.78, 5) is 246. The summed E-state index contributed by atoms with van der Waals surface area (Å²) >= 11 is 0. The van der Waals surface area contributed by atoms with E-state index in [1.165, 1.54) is 38.1 Å². The van der Waals surface area contributed by atoms with Gasteiger partial charge >= 0.3 is 5.97 Å². The third-order valence-electron chi connectivity index (χ3n) is 19.7. The number of nitrogens with zero attached hydrogens (tertiary/aromatic N) is 1. The maximum atomic E-state index is 14.6. The second kappa shape index (κ2) is 54.2. The van der Waals surface area contributed by atoms with Crippen molar-refractivity contribution in [3.8, 4) is 5.75 Å². The maximum Gasteiger partial charge on any atom is 0.326 e. The minimum absolute atomic E-state index is 0.00766. The molecule has 32 N–H and O–H groups in total. The Kier molecular flexibility index (Phi) is 46.2. The van der Waals surface area contributed by atoms with Gasteiger partial charge in [0, 0.05) is 38.8 Å². The lowest BCUT2D eigenvalue weighted by molar-refractivity contribution is -0.142. The van der Waals surface area contributed by atoms with Crippen molar-refractivity contribution in [1.82, 2.24) is 79.3 Å². The highest BCUT2D eigenvalue weighted by atomic mass is 16.4. The number of carbonyl (C=O) groups excluding carboxylic acids is 17. The van der Waals surface area contributed by atoms with Crippen LogP contribution in [0.1, 0.15) is 162 Å². The minimum atomic E-state index is -1.92. The van der Waals surface area contributed by atoms with Crippen molar-refractivity contribution in [3.05, 3.63) is 65.7 Å². The summed E-state index contributed by atoms with van der Waals surface area (Å²) in [6.45, 7) is 7.60. The van der Waals surface area contributed by atoms with E-state index < -0.39 is 242 Å². The van der Waals surface area contributed by atoms with Crippen LogP contribution in [0.3, 0.4) is 0 Å². The van der Waals surface area contributed by atoms with E-state index in [-0.39, 0.29) is 108 Å². The average molecular weight is 1720 g/mol. The van der Waals surface area contributed by atoms with Gasteiger partial charge in [-0.1, -0.05) is 76.6 Å². The number of carbonyl (C=O) groups is 18. The number of rotatable bonds is 57. The maximum absolute atomic E-state index is 14.6. The van der Waals surface area contributed by atoms with Gasteiger partial charge in [0.25, 0.3) is 0 Å². The van der Waals surface area contributed by atoms with E-state index in [9.17, 15) is 102 Å². The quantitative estimate of drug-likeness (QED) is 0.0166. The van der Waals surface area contributed by atoms with E-state index in [4.69, 9.17) is 45.5 Å². The molecule has 678 valence electrons. The van der Waals surface area contributed by atoms with Crippen molar-refractivity contribution in [2.75, 3.05) is 39.3 Å². The van der Waals surface area contributed by atoms with Gasteiger partial charge in [-0.05, 0) is 146 Å². The topological polar surface area (TPSA) is 746 Å². The summed E-state index contributed by atoms with van der Waals surface area (Å²) in [6, 6.07) is -6.73. The standard InChI is InChI=1S/C78H125N23O21/c1-7-42(4)63(100-68(112)50(28-30-60(83)105)92-66(110)48(19-11-13-31-79)91-64(108)43(5)81)75(119)93-49(27-29-59(82)104)67(111)99-57(40-102)73(117)94-51(21-15-33-87-78(85)86)76(120)101-34-16-22-58(101)74(118)88-39-62(107)90-56(38-61(84)106)69(113)89-44(6)65(109)96-53(35-41(2)3)70(114)97-55(37-46-23-25-47(103)26-24-46)72(116)98-54(36-45-17-9-8-10-18-45)71(115)95-52(77(121)122)20-12-14-32-80/h8-10,17-18,23-26,41-44,48-58,63,102-103H,7,11-16,19-22,27-40,79-81H2,1-6H3,(H2,82,104)(H2,83,105)(H2,84,106)(H,88,118)(H,89,113)(H,90,107)(H,91,108)(H,92,110)(H,93,119)(H,94,117)(H,95,115)(H,96,109)(H,97,114)(H,98,116)(H,99,111)(H,100,112)(H,121,122)(H4,85,86,87)/t42-,43-,44-,48-,49-,50-,51-,52-,53-,54-,55-,56-,57-,58-,63-/m0/s1. The Balaban J connectivity index is 1.83. The molecule has 44 heteroatoms. The summed E-state index contributed by atoms with van der Waals surface area (Å²) in [5.41, 5.74) is 39.8. The fourth-order valence-electron chi connectivity index (χ4n) is 12.7. The predicted octanol–water partition coefficient (Wildman–Crippen LogP) is -7.43. The molecule has 0 spiro atoms. The molecule has 2 aromatic carbocycles. The Bertz CT molecular complexity index is 3900. The number of carboxylic acids is 1. The van der Waals surface area contributed by atoms with Crippen LogP contribution in [0.5, 0.6) is 5.75 Å². The fraction of sp³-hybridized carbons (Fsp3) is 0.603. The number of hydrogen-bond donors (Lipinski definition) is 25. The van der Waals surface area contributed by atoms with Crippen molar-refractivity contribution in [2.45, 2.75) is 248 Å². The molecule has 3 rings (SSSR count). The molecule has 1 heterocycles. The van der Waals surface area contributed by atoms with Crippen molar-refractivity contribution in [2.24, 2.45) is 52.0 Å². The largest absolute Gasteiger partial charge is 0.508 e. The summed E-state index contributed by atoms with van der Waals surface area (Å²) < 4.78 is 0. The molecule has 44 nitrogen and oxygen atoms in total. The van der Waals surface area contributed by atoms with Crippen molar-refractivity contribution in [3.63, 3.8) is 0 Å². The number of nitrogens with one attached hydrogen (secondary N) is 15. The Morgan fingerprint density at radius 2 is 0.934 bits per heavy atom. The summed E-state index contributed by atoms with van der Waals surface area (Å²) in [5.74, 6) is -19.5. The van der Waals surface area contributed by atoms with Crippen LogP contribution < -0.4 is 115 Å². The van der Waals surface area contributed by atoms with Gasteiger partial charge in [0.05, 0.1) is 25.6 Å². The molecular weight excluding hydrogens is 1590 g/mol. The van der Waals surface area contributed by atoms with Crippen LogP contribution in [-0.4, -0.2) is 256 Å². The number of hydrogen-bond acceptors (Lipinski definition) is 24. The summed E-state index contributed by atoms with van der Waals surface area (Å²) in [5, 5.41) is 73.1. The van der Waals surface area contributed by atoms with Crippen LogP contribution in [0.4, 0.5) is 0 Å². The number of guanidine groups is 1. The van der Waals surface area contributed by atoms with Crippen LogP contribution in [0.2, 0.25) is 0 Å². The van der Waals surface area contributed by atoms with E-state index in [1.807, 2.05) is 0 Å². The van der Waals surface area contributed by atoms with Gasteiger partial charge in [-0.15, -0.1) is 0 Å². The van der Waals surface area contributed by atoms with E-state index in [1.54, 1.807) is 58.0 Å². The number of phenols is 1. The zero-order valence-electron chi connectivity index (χ0n) is 69.8. The third-order valence-corrected chi connectivity index (χ3v) is 19.7. The molecule has 0 unspecified atom stereocenters. The van der Waals surface area contributed by atoms with Crippen LogP contribution in [0.15, 0.2) is 54.6 Å². The Hall–Kier alpha value is -12.2. The first-order valence-electron chi connectivity index (χ1n) is 40.6. The number of likely N-dealkylation sites (tertiary alicyclic amines) is 1. The molecule has 2 aromatic rings. The molecular formula is C78H125N23O21. The Labute approximate surface area is 706 Å². The number of aliphatic hydroxyl groups excluding tert-OH is 1. The molecule has 1 saturated heterocycles.